The van der Waals surface area contributed by atoms with E-state index < -0.39 is 23.0 Å². The normalized spacial score (nSPS) is 22.2. The first kappa shape index (κ1) is 25.9. The first-order valence-electron chi connectivity index (χ1n) is 13.5. The van der Waals surface area contributed by atoms with Crippen LogP contribution >= 0.6 is 0 Å². The molecule has 3 atom stereocenters. The molecule has 3 aromatic carbocycles. The standard InChI is InChI=1S/C33H31N3O4/c1-32(40,31(38)39)29-21-33(18-20-35(29)22-25-11-7-8-19-34-25)27-12-5-6-13-28(27)36(30(33)37)26-16-14-24(15-17-26)23-9-3-2-4-10-23/h2-17,19,29,40H,18,20-22H2,1H3,(H,38,39). The quantitative estimate of drug-likeness (QED) is 0.355. The predicted octanol–water partition coefficient (Wildman–Crippen LogP) is 5.16. The molecule has 202 valence electrons. The Labute approximate surface area is 233 Å². The fraction of sp³-hybridized carbons (Fsp3) is 0.242. The van der Waals surface area contributed by atoms with Gasteiger partial charge < -0.3 is 10.2 Å². The molecule has 1 fully saturated rings. The highest BCUT2D eigenvalue weighted by Gasteiger charge is 2.58. The van der Waals surface area contributed by atoms with Crippen molar-refractivity contribution in [1.82, 2.24) is 9.88 Å². The number of likely N-dealkylation sites (tertiary alicyclic amines) is 1. The second-order valence-electron chi connectivity index (χ2n) is 10.9. The van der Waals surface area contributed by atoms with Crippen LogP contribution in [0.1, 0.15) is 31.0 Å². The van der Waals surface area contributed by atoms with E-state index in [4.69, 9.17) is 0 Å². The second-order valence-corrected chi connectivity index (χ2v) is 10.9. The van der Waals surface area contributed by atoms with Crippen LogP contribution in [0.25, 0.3) is 11.1 Å². The number of aliphatic carboxylic acids is 1. The third-order valence-corrected chi connectivity index (χ3v) is 8.49. The molecule has 3 heterocycles. The molecule has 1 spiro atoms. The summed E-state index contributed by atoms with van der Waals surface area (Å²) in [4.78, 5) is 34.9. The van der Waals surface area contributed by atoms with Crippen LogP contribution in [0.2, 0.25) is 0 Å². The summed E-state index contributed by atoms with van der Waals surface area (Å²) in [6.07, 6.45) is 2.37. The number of aliphatic hydroxyl groups is 1. The summed E-state index contributed by atoms with van der Waals surface area (Å²) in [5.74, 6) is -1.41. The average Bonchev–Trinajstić information content (AvgIpc) is 3.22. The first-order chi connectivity index (χ1) is 19.3. The Bertz CT molecular complexity index is 1540. The van der Waals surface area contributed by atoms with Gasteiger partial charge in [-0.2, -0.15) is 0 Å². The Hall–Kier alpha value is -4.33. The van der Waals surface area contributed by atoms with Gasteiger partial charge in [0.15, 0.2) is 5.60 Å². The van der Waals surface area contributed by atoms with Gasteiger partial charge in [-0.1, -0.05) is 66.7 Å². The van der Waals surface area contributed by atoms with Gasteiger partial charge in [0, 0.05) is 25.0 Å². The number of fused-ring (bicyclic) bond motifs is 2. The number of piperidine rings is 1. The zero-order chi connectivity index (χ0) is 27.9. The van der Waals surface area contributed by atoms with E-state index in [9.17, 15) is 19.8 Å². The lowest BCUT2D eigenvalue weighted by atomic mass is 9.68. The minimum Gasteiger partial charge on any atom is -0.479 e. The predicted molar refractivity (Wildman–Crippen MR) is 153 cm³/mol. The summed E-state index contributed by atoms with van der Waals surface area (Å²) in [6, 6.07) is 30.5. The number of para-hydroxylation sites is 1. The van der Waals surface area contributed by atoms with Crippen LogP contribution in [0.3, 0.4) is 0 Å². The van der Waals surface area contributed by atoms with E-state index in [1.807, 2.05) is 102 Å². The van der Waals surface area contributed by atoms with Crippen molar-refractivity contribution < 1.29 is 19.8 Å². The lowest BCUT2D eigenvalue weighted by Gasteiger charge is -2.48. The number of rotatable bonds is 6. The molecule has 40 heavy (non-hydrogen) atoms. The van der Waals surface area contributed by atoms with Crippen LogP contribution in [0.5, 0.6) is 0 Å². The molecule has 4 aromatic rings. The van der Waals surface area contributed by atoms with Crippen molar-refractivity contribution in [2.75, 3.05) is 11.4 Å². The minimum atomic E-state index is -2.07. The molecule has 7 heteroatoms. The van der Waals surface area contributed by atoms with Gasteiger partial charge in [-0.15, -0.1) is 0 Å². The van der Waals surface area contributed by atoms with E-state index in [0.717, 1.165) is 33.8 Å². The molecular weight excluding hydrogens is 502 g/mol. The number of carbonyl (C=O) groups is 2. The number of amides is 1. The highest BCUT2D eigenvalue weighted by molar-refractivity contribution is 6.13. The maximum absolute atomic E-state index is 14.5. The molecule has 6 rings (SSSR count). The van der Waals surface area contributed by atoms with Gasteiger partial charge in [-0.3, -0.25) is 19.6 Å². The van der Waals surface area contributed by atoms with Gasteiger partial charge in [0.2, 0.25) is 5.91 Å². The lowest BCUT2D eigenvalue weighted by Crippen LogP contribution is -2.62. The molecule has 0 aliphatic carbocycles. The average molecular weight is 534 g/mol. The number of hydrogen-bond donors (Lipinski definition) is 2. The summed E-state index contributed by atoms with van der Waals surface area (Å²) in [7, 11) is 0. The number of carboxylic acids is 1. The zero-order valence-corrected chi connectivity index (χ0v) is 22.3. The maximum Gasteiger partial charge on any atom is 0.337 e. The second kappa shape index (κ2) is 10.0. The van der Waals surface area contributed by atoms with Crippen LogP contribution in [0.4, 0.5) is 11.4 Å². The van der Waals surface area contributed by atoms with Crippen LogP contribution < -0.4 is 4.90 Å². The maximum atomic E-state index is 14.5. The Morgan fingerprint density at radius 1 is 0.950 bits per heavy atom. The Morgan fingerprint density at radius 2 is 1.62 bits per heavy atom. The van der Waals surface area contributed by atoms with E-state index in [1.165, 1.54) is 6.92 Å². The van der Waals surface area contributed by atoms with Gasteiger partial charge in [-0.25, -0.2) is 4.79 Å². The summed E-state index contributed by atoms with van der Waals surface area (Å²) in [6.45, 7) is 2.15. The largest absolute Gasteiger partial charge is 0.479 e. The zero-order valence-electron chi connectivity index (χ0n) is 22.3. The van der Waals surface area contributed by atoms with Crippen LogP contribution in [0.15, 0.2) is 103 Å². The van der Waals surface area contributed by atoms with Crippen LogP contribution in [-0.2, 0) is 21.5 Å². The summed E-state index contributed by atoms with van der Waals surface area (Å²) in [5, 5.41) is 21.3. The molecule has 2 aliphatic heterocycles. The van der Waals surface area contributed by atoms with Crippen molar-refractivity contribution in [1.29, 1.82) is 0 Å². The molecule has 0 bridgehead atoms. The van der Waals surface area contributed by atoms with E-state index in [0.29, 0.717) is 19.5 Å². The molecule has 2 aliphatic rings. The summed E-state index contributed by atoms with van der Waals surface area (Å²) in [5.41, 5.74) is 2.33. The Morgan fingerprint density at radius 3 is 2.33 bits per heavy atom. The summed E-state index contributed by atoms with van der Waals surface area (Å²) >= 11 is 0. The molecule has 7 nitrogen and oxygen atoms in total. The smallest absolute Gasteiger partial charge is 0.337 e. The van der Waals surface area contributed by atoms with Gasteiger partial charge in [0.1, 0.15) is 0 Å². The van der Waals surface area contributed by atoms with E-state index in [1.54, 1.807) is 11.1 Å². The molecule has 1 saturated heterocycles. The van der Waals surface area contributed by atoms with Crippen molar-refractivity contribution in [3.8, 4) is 11.1 Å². The number of benzene rings is 3. The van der Waals surface area contributed by atoms with Crippen molar-refractivity contribution in [3.63, 3.8) is 0 Å². The highest BCUT2D eigenvalue weighted by Crippen LogP contribution is 2.53. The van der Waals surface area contributed by atoms with Gasteiger partial charge in [0.25, 0.3) is 0 Å². The SMILES string of the molecule is CC(O)(C(=O)O)C1CC2(CCN1Cc1ccccn1)C(=O)N(c1ccc(-c3ccccc3)cc1)c1ccccc12. The highest BCUT2D eigenvalue weighted by atomic mass is 16.4. The molecule has 0 radical (unpaired) electrons. The third-order valence-electron chi connectivity index (χ3n) is 8.49. The molecule has 1 amide bonds. The first-order valence-corrected chi connectivity index (χ1v) is 13.5. The van der Waals surface area contributed by atoms with E-state index in [2.05, 4.69) is 4.98 Å². The van der Waals surface area contributed by atoms with Crippen molar-refractivity contribution in [2.45, 2.75) is 43.4 Å². The number of pyridine rings is 1. The third kappa shape index (κ3) is 4.28. The number of carboxylic acid groups (broad SMARTS) is 1. The van der Waals surface area contributed by atoms with Gasteiger partial charge >= 0.3 is 5.97 Å². The van der Waals surface area contributed by atoms with Gasteiger partial charge in [-0.05, 0) is 66.8 Å². The van der Waals surface area contributed by atoms with Crippen LogP contribution in [0, 0.1) is 0 Å². The van der Waals surface area contributed by atoms with Gasteiger partial charge in [0.05, 0.1) is 22.8 Å². The van der Waals surface area contributed by atoms with Crippen molar-refractivity contribution in [2.24, 2.45) is 0 Å². The lowest BCUT2D eigenvalue weighted by molar-refractivity contribution is -0.168. The number of hydrogen-bond acceptors (Lipinski definition) is 5. The molecule has 0 saturated carbocycles. The van der Waals surface area contributed by atoms with E-state index in [-0.39, 0.29) is 12.3 Å². The number of anilines is 2. The molecule has 3 unspecified atom stereocenters. The fourth-order valence-electron chi connectivity index (χ4n) is 6.28. The van der Waals surface area contributed by atoms with E-state index >= 15 is 0 Å². The summed E-state index contributed by atoms with van der Waals surface area (Å²) < 4.78 is 0. The number of aromatic nitrogens is 1. The Balaban J connectivity index is 1.38. The Kier molecular flexibility index (Phi) is 6.49. The van der Waals surface area contributed by atoms with Crippen LogP contribution in [-0.4, -0.2) is 50.2 Å². The topological polar surface area (TPSA) is 94.0 Å². The molecular formula is C33H31N3O4. The number of nitrogens with zero attached hydrogens (tertiary/aromatic N) is 3. The van der Waals surface area contributed by atoms with Crippen molar-refractivity contribution in [3.05, 3.63) is 115 Å². The fourth-order valence-corrected chi connectivity index (χ4v) is 6.28. The van der Waals surface area contributed by atoms with Crippen molar-refractivity contribution >= 4 is 23.3 Å². The molecule has 1 aromatic heterocycles. The monoisotopic (exact) mass is 533 g/mol. The number of carbonyl (C=O) groups excluding carboxylic acids is 1. The minimum absolute atomic E-state index is 0.0927. The molecule has 2 N–H and O–H groups in total.